The van der Waals surface area contributed by atoms with Crippen LogP contribution in [-0.2, 0) is 23.1 Å². The summed E-state index contributed by atoms with van der Waals surface area (Å²) in [5.74, 6) is 0. The van der Waals surface area contributed by atoms with E-state index in [1.807, 2.05) is 0 Å². The summed E-state index contributed by atoms with van der Waals surface area (Å²) in [6, 6.07) is 6.43. The van der Waals surface area contributed by atoms with Gasteiger partial charge in [-0.25, -0.2) is 0 Å². The predicted molar refractivity (Wildman–Crippen MR) is 52.4 cm³/mol. The van der Waals surface area contributed by atoms with Crippen LogP contribution in [0.2, 0.25) is 0 Å². The van der Waals surface area contributed by atoms with Crippen molar-refractivity contribution in [3.63, 3.8) is 0 Å². The van der Waals surface area contributed by atoms with E-state index in [-0.39, 0.29) is 0 Å². The van der Waals surface area contributed by atoms with Crippen molar-refractivity contribution in [2.75, 3.05) is 6.61 Å². The van der Waals surface area contributed by atoms with E-state index in [1.165, 1.54) is 16.7 Å². The highest BCUT2D eigenvalue weighted by atomic mass is 79.9. The molecule has 64 valence electrons. The lowest BCUT2D eigenvalue weighted by atomic mass is 9.98. The molecular formula is C10H11BrO. The second kappa shape index (κ2) is 3.58. The maximum atomic E-state index is 5.38. The van der Waals surface area contributed by atoms with E-state index in [1.54, 1.807) is 0 Å². The summed E-state index contributed by atoms with van der Waals surface area (Å²) < 4.78 is 5.38. The summed E-state index contributed by atoms with van der Waals surface area (Å²) >= 11 is 3.50. The van der Waals surface area contributed by atoms with Crippen molar-refractivity contribution < 1.29 is 4.74 Å². The Kier molecular flexibility index (Phi) is 2.47. The third-order valence-corrected chi connectivity index (χ3v) is 2.87. The standard InChI is InChI=1S/C10H11BrO/c11-6-8-2-1-3-9-7-12-5-4-10(8)9/h1-3H,4-7H2. The summed E-state index contributed by atoms with van der Waals surface area (Å²) in [7, 11) is 0. The van der Waals surface area contributed by atoms with Crippen LogP contribution in [0, 0.1) is 0 Å². The molecule has 1 aliphatic heterocycles. The highest BCUT2D eigenvalue weighted by molar-refractivity contribution is 9.08. The number of alkyl halides is 1. The smallest absolute Gasteiger partial charge is 0.0719 e. The quantitative estimate of drug-likeness (QED) is 0.670. The van der Waals surface area contributed by atoms with Crippen LogP contribution in [0.15, 0.2) is 18.2 Å². The van der Waals surface area contributed by atoms with Crippen LogP contribution in [0.25, 0.3) is 0 Å². The molecule has 0 aliphatic carbocycles. The van der Waals surface area contributed by atoms with Gasteiger partial charge in [0.05, 0.1) is 13.2 Å². The highest BCUT2D eigenvalue weighted by Gasteiger charge is 2.11. The molecule has 2 rings (SSSR count). The van der Waals surface area contributed by atoms with Gasteiger partial charge in [-0.1, -0.05) is 34.1 Å². The monoisotopic (exact) mass is 226 g/mol. The molecule has 0 amide bonds. The summed E-state index contributed by atoms with van der Waals surface area (Å²) in [5, 5.41) is 0.955. The summed E-state index contributed by atoms with van der Waals surface area (Å²) in [5.41, 5.74) is 4.26. The SMILES string of the molecule is BrCc1cccc2c1CCOC2. The van der Waals surface area contributed by atoms with Crippen LogP contribution >= 0.6 is 15.9 Å². The zero-order valence-corrected chi connectivity index (χ0v) is 8.43. The maximum Gasteiger partial charge on any atom is 0.0719 e. The van der Waals surface area contributed by atoms with E-state index in [2.05, 4.69) is 34.1 Å². The molecule has 1 heterocycles. The van der Waals surface area contributed by atoms with Crippen LogP contribution < -0.4 is 0 Å². The fraction of sp³-hybridized carbons (Fsp3) is 0.400. The largest absolute Gasteiger partial charge is 0.376 e. The molecule has 1 aliphatic rings. The lowest BCUT2D eigenvalue weighted by Gasteiger charge is -2.18. The van der Waals surface area contributed by atoms with Gasteiger partial charge < -0.3 is 4.74 Å². The van der Waals surface area contributed by atoms with Gasteiger partial charge in [0.1, 0.15) is 0 Å². The Morgan fingerprint density at radius 3 is 3.17 bits per heavy atom. The third kappa shape index (κ3) is 1.41. The second-order valence-electron chi connectivity index (χ2n) is 2.99. The van der Waals surface area contributed by atoms with Crippen LogP contribution in [0.3, 0.4) is 0 Å². The molecule has 1 nitrogen and oxygen atoms in total. The number of benzene rings is 1. The van der Waals surface area contributed by atoms with Crippen molar-refractivity contribution in [2.24, 2.45) is 0 Å². The molecule has 0 fully saturated rings. The van der Waals surface area contributed by atoms with Crippen molar-refractivity contribution in [2.45, 2.75) is 18.4 Å². The second-order valence-corrected chi connectivity index (χ2v) is 3.55. The van der Waals surface area contributed by atoms with Crippen LogP contribution in [0.5, 0.6) is 0 Å². The van der Waals surface area contributed by atoms with Gasteiger partial charge in [-0.3, -0.25) is 0 Å². The van der Waals surface area contributed by atoms with Crippen LogP contribution in [-0.4, -0.2) is 6.61 Å². The van der Waals surface area contributed by atoms with Gasteiger partial charge >= 0.3 is 0 Å². The Hall–Kier alpha value is -0.340. The lowest BCUT2D eigenvalue weighted by molar-refractivity contribution is 0.110. The van der Waals surface area contributed by atoms with Crippen molar-refractivity contribution >= 4 is 15.9 Å². The Bertz CT molecular complexity index is 269. The molecule has 12 heavy (non-hydrogen) atoms. The van der Waals surface area contributed by atoms with Gasteiger partial charge in [0.15, 0.2) is 0 Å². The van der Waals surface area contributed by atoms with E-state index in [4.69, 9.17) is 4.74 Å². The van der Waals surface area contributed by atoms with Gasteiger partial charge in [-0.2, -0.15) is 0 Å². The van der Waals surface area contributed by atoms with Crippen LogP contribution in [0.1, 0.15) is 16.7 Å². The molecule has 1 aromatic carbocycles. The minimum Gasteiger partial charge on any atom is -0.376 e. The molecule has 0 bridgehead atoms. The number of rotatable bonds is 1. The van der Waals surface area contributed by atoms with Gasteiger partial charge in [0.25, 0.3) is 0 Å². The summed E-state index contributed by atoms with van der Waals surface area (Å²) in [6.07, 6.45) is 1.07. The fourth-order valence-electron chi connectivity index (χ4n) is 1.63. The zero-order chi connectivity index (χ0) is 8.39. The minimum atomic E-state index is 0.788. The normalized spacial score (nSPS) is 15.8. The first-order chi connectivity index (χ1) is 5.92. The summed E-state index contributed by atoms with van der Waals surface area (Å²) in [6.45, 7) is 1.66. The predicted octanol–water partition coefficient (Wildman–Crippen LogP) is 2.65. The maximum absolute atomic E-state index is 5.38. The van der Waals surface area contributed by atoms with E-state index in [0.29, 0.717) is 0 Å². The van der Waals surface area contributed by atoms with Gasteiger partial charge in [0.2, 0.25) is 0 Å². The van der Waals surface area contributed by atoms with Crippen molar-refractivity contribution in [1.82, 2.24) is 0 Å². The number of halogens is 1. The Morgan fingerprint density at radius 1 is 1.42 bits per heavy atom. The van der Waals surface area contributed by atoms with E-state index in [0.717, 1.165) is 25.0 Å². The number of hydrogen-bond donors (Lipinski definition) is 0. The van der Waals surface area contributed by atoms with E-state index < -0.39 is 0 Å². The molecule has 1 aromatic rings. The molecule has 0 saturated heterocycles. The Morgan fingerprint density at radius 2 is 2.33 bits per heavy atom. The molecule has 0 spiro atoms. The van der Waals surface area contributed by atoms with E-state index >= 15 is 0 Å². The third-order valence-electron chi connectivity index (χ3n) is 2.27. The topological polar surface area (TPSA) is 9.23 Å². The van der Waals surface area contributed by atoms with E-state index in [9.17, 15) is 0 Å². The molecule has 0 N–H and O–H groups in total. The lowest BCUT2D eigenvalue weighted by Crippen LogP contribution is -2.11. The molecule has 0 aromatic heterocycles. The number of fused-ring (bicyclic) bond motifs is 1. The molecule has 0 unspecified atom stereocenters. The van der Waals surface area contributed by atoms with Crippen molar-refractivity contribution in [1.29, 1.82) is 0 Å². The average Bonchev–Trinajstić information content (AvgIpc) is 2.17. The highest BCUT2D eigenvalue weighted by Crippen LogP contribution is 2.22. The number of ether oxygens (including phenoxy) is 1. The first kappa shape index (κ1) is 8.27. The van der Waals surface area contributed by atoms with Crippen molar-refractivity contribution in [3.05, 3.63) is 34.9 Å². The molecular weight excluding hydrogens is 216 g/mol. The van der Waals surface area contributed by atoms with Crippen LogP contribution in [0.4, 0.5) is 0 Å². The minimum absolute atomic E-state index is 0.788. The Balaban J connectivity index is 2.44. The first-order valence-corrected chi connectivity index (χ1v) is 5.27. The summed E-state index contributed by atoms with van der Waals surface area (Å²) in [4.78, 5) is 0. The number of hydrogen-bond acceptors (Lipinski definition) is 1. The van der Waals surface area contributed by atoms with Gasteiger partial charge in [-0.05, 0) is 23.1 Å². The average molecular weight is 227 g/mol. The van der Waals surface area contributed by atoms with Gasteiger partial charge in [-0.15, -0.1) is 0 Å². The molecule has 2 heteroatoms. The van der Waals surface area contributed by atoms with Crippen molar-refractivity contribution in [3.8, 4) is 0 Å². The molecule has 0 radical (unpaired) electrons. The first-order valence-electron chi connectivity index (χ1n) is 4.15. The van der Waals surface area contributed by atoms with Gasteiger partial charge in [0, 0.05) is 5.33 Å². The zero-order valence-electron chi connectivity index (χ0n) is 6.85. The Labute approximate surface area is 80.9 Å². The fourth-order valence-corrected chi connectivity index (χ4v) is 2.15. The molecule has 0 saturated carbocycles. The molecule has 0 atom stereocenters.